The fraction of sp³-hybridized carbons (Fsp3) is 0.0526. The van der Waals surface area contributed by atoms with Crippen LogP contribution in [0, 0.1) is 0 Å². The minimum atomic E-state index is -0.390. The summed E-state index contributed by atoms with van der Waals surface area (Å²) in [5.74, 6) is 0.634. The molecule has 0 aliphatic rings. The summed E-state index contributed by atoms with van der Waals surface area (Å²) in [5.41, 5.74) is 4.04. The van der Waals surface area contributed by atoms with Gasteiger partial charge in [0.2, 0.25) is 0 Å². The van der Waals surface area contributed by atoms with Gasteiger partial charge in [0.1, 0.15) is 12.4 Å². The molecule has 0 aliphatic heterocycles. The van der Waals surface area contributed by atoms with Crippen LogP contribution in [0.5, 0.6) is 5.75 Å². The lowest BCUT2D eigenvalue weighted by Gasteiger charge is -2.10. The zero-order chi connectivity index (χ0) is 18.5. The minimum Gasteiger partial charge on any atom is -0.485 e. The number of carbonyl (C=O) groups excluding carboxylic acids is 1. The highest BCUT2D eigenvalue weighted by Gasteiger charge is 2.16. The summed E-state index contributed by atoms with van der Waals surface area (Å²) in [4.78, 5) is 20.7. The molecule has 4 aromatic rings. The molecule has 0 fully saturated rings. The zero-order valence-corrected chi connectivity index (χ0v) is 14.8. The van der Waals surface area contributed by atoms with Crippen LogP contribution in [0.1, 0.15) is 16.2 Å². The molecule has 1 aromatic carbocycles. The van der Waals surface area contributed by atoms with Gasteiger partial charge in [0.15, 0.2) is 11.5 Å². The number of thiazole rings is 1. The Morgan fingerprint density at radius 2 is 2.15 bits per heavy atom. The molecule has 4 rings (SSSR count). The van der Waals surface area contributed by atoms with Gasteiger partial charge in [-0.2, -0.15) is 0 Å². The van der Waals surface area contributed by atoms with E-state index in [0.717, 1.165) is 11.3 Å². The van der Waals surface area contributed by atoms with E-state index in [1.165, 1.54) is 11.3 Å². The molecule has 3 heterocycles. The van der Waals surface area contributed by atoms with Crippen LogP contribution in [0.3, 0.4) is 0 Å². The fourth-order valence-corrected chi connectivity index (χ4v) is 2.91. The average Bonchev–Trinajstić information content (AvgIpc) is 3.40. The molecule has 3 aromatic heterocycles. The first-order chi connectivity index (χ1) is 13.3. The Bertz CT molecular complexity index is 1030. The van der Waals surface area contributed by atoms with Crippen molar-refractivity contribution in [3.63, 3.8) is 0 Å². The van der Waals surface area contributed by atoms with E-state index in [1.807, 2.05) is 23.6 Å². The molecule has 1 amide bonds. The van der Waals surface area contributed by atoms with Gasteiger partial charge in [0, 0.05) is 29.4 Å². The summed E-state index contributed by atoms with van der Waals surface area (Å²) < 4.78 is 11.0. The van der Waals surface area contributed by atoms with Crippen LogP contribution in [-0.2, 0) is 6.61 Å². The monoisotopic (exact) mass is 378 g/mol. The first-order valence-corrected chi connectivity index (χ1v) is 9.01. The molecule has 134 valence electrons. The van der Waals surface area contributed by atoms with Gasteiger partial charge in [-0.3, -0.25) is 9.78 Å². The Morgan fingerprint density at radius 1 is 1.22 bits per heavy atom. The summed E-state index contributed by atoms with van der Waals surface area (Å²) >= 11 is 1.50. The van der Waals surface area contributed by atoms with Crippen LogP contribution in [0.15, 0.2) is 70.3 Å². The van der Waals surface area contributed by atoms with Crippen molar-refractivity contribution in [2.24, 2.45) is 0 Å². The maximum atomic E-state index is 12.5. The second-order valence-corrected chi connectivity index (χ2v) is 6.26. The molecule has 0 aliphatic carbocycles. The second-order valence-electron chi connectivity index (χ2n) is 5.54. The number of aromatic nitrogens is 3. The first-order valence-electron chi connectivity index (χ1n) is 8.07. The van der Waals surface area contributed by atoms with Crippen LogP contribution in [0.4, 0.5) is 5.69 Å². The fourth-order valence-electron chi connectivity index (χ4n) is 2.37. The van der Waals surface area contributed by atoms with Crippen molar-refractivity contribution in [1.82, 2.24) is 15.1 Å². The highest BCUT2D eigenvalue weighted by atomic mass is 32.1. The number of benzene rings is 1. The third kappa shape index (κ3) is 4.01. The molecule has 0 radical (unpaired) electrons. The molecule has 0 spiro atoms. The van der Waals surface area contributed by atoms with Crippen molar-refractivity contribution in [3.05, 3.63) is 77.1 Å². The van der Waals surface area contributed by atoms with Gasteiger partial charge < -0.3 is 14.6 Å². The number of nitrogens with one attached hydrogen (secondary N) is 1. The van der Waals surface area contributed by atoms with E-state index in [0.29, 0.717) is 23.8 Å². The second kappa shape index (κ2) is 7.79. The number of para-hydroxylation sites is 2. The van der Waals surface area contributed by atoms with Gasteiger partial charge in [-0.1, -0.05) is 17.3 Å². The molecular weight excluding hydrogens is 364 g/mol. The molecule has 0 saturated carbocycles. The molecular formula is C19H14N4O3S. The number of hydrogen-bond donors (Lipinski definition) is 1. The Labute approximate surface area is 158 Å². The largest absolute Gasteiger partial charge is 0.485 e. The van der Waals surface area contributed by atoms with E-state index in [2.05, 4.69) is 20.4 Å². The Kier molecular flexibility index (Phi) is 4.88. The van der Waals surface area contributed by atoms with E-state index < -0.39 is 5.91 Å². The number of nitrogens with zero attached hydrogens (tertiary/aromatic N) is 3. The lowest BCUT2D eigenvalue weighted by molar-refractivity contribution is 0.101. The number of pyridine rings is 1. The highest BCUT2D eigenvalue weighted by Crippen LogP contribution is 2.26. The maximum absolute atomic E-state index is 12.5. The lowest BCUT2D eigenvalue weighted by atomic mass is 10.2. The molecule has 0 saturated heterocycles. The van der Waals surface area contributed by atoms with Crippen LogP contribution >= 0.6 is 11.3 Å². The third-order valence-corrected chi connectivity index (χ3v) is 4.32. The SMILES string of the molecule is O=C(Nc1ccccc1OCc1cscn1)c1cc(-c2cccnc2)on1. The van der Waals surface area contributed by atoms with Crippen molar-refractivity contribution in [3.8, 4) is 17.1 Å². The van der Waals surface area contributed by atoms with E-state index in [4.69, 9.17) is 9.26 Å². The van der Waals surface area contributed by atoms with E-state index in [-0.39, 0.29) is 5.69 Å². The molecule has 7 nitrogen and oxygen atoms in total. The quantitative estimate of drug-likeness (QED) is 0.545. The Balaban J connectivity index is 1.48. The van der Waals surface area contributed by atoms with Crippen LogP contribution in [0.25, 0.3) is 11.3 Å². The lowest BCUT2D eigenvalue weighted by Crippen LogP contribution is -2.13. The van der Waals surface area contributed by atoms with Crippen LogP contribution < -0.4 is 10.1 Å². The number of amides is 1. The van der Waals surface area contributed by atoms with Crippen molar-refractivity contribution in [1.29, 1.82) is 0 Å². The summed E-state index contributed by atoms with van der Waals surface area (Å²) in [5, 5.41) is 8.56. The summed E-state index contributed by atoms with van der Waals surface area (Å²) in [6.45, 7) is 0.325. The van der Waals surface area contributed by atoms with Crippen LogP contribution in [0.2, 0.25) is 0 Å². The van der Waals surface area contributed by atoms with Gasteiger partial charge in [-0.15, -0.1) is 11.3 Å². The van der Waals surface area contributed by atoms with Crippen molar-refractivity contribution < 1.29 is 14.1 Å². The molecule has 0 atom stereocenters. The maximum Gasteiger partial charge on any atom is 0.277 e. The number of rotatable bonds is 6. The molecule has 0 bridgehead atoms. The van der Waals surface area contributed by atoms with Gasteiger partial charge in [-0.05, 0) is 24.3 Å². The predicted octanol–water partition coefficient (Wildman–Crippen LogP) is 4.02. The smallest absolute Gasteiger partial charge is 0.277 e. The normalized spacial score (nSPS) is 10.5. The molecule has 27 heavy (non-hydrogen) atoms. The number of hydrogen-bond acceptors (Lipinski definition) is 7. The van der Waals surface area contributed by atoms with Gasteiger partial charge >= 0.3 is 0 Å². The first kappa shape index (κ1) is 16.9. The summed E-state index contributed by atoms with van der Waals surface area (Å²) in [6, 6.07) is 12.4. The minimum absolute atomic E-state index is 0.170. The average molecular weight is 378 g/mol. The number of ether oxygens (including phenoxy) is 1. The summed E-state index contributed by atoms with van der Waals surface area (Å²) in [7, 11) is 0. The van der Waals surface area contributed by atoms with E-state index >= 15 is 0 Å². The molecule has 0 unspecified atom stereocenters. The van der Waals surface area contributed by atoms with Gasteiger partial charge in [0.05, 0.1) is 16.9 Å². The molecule has 1 N–H and O–H groups in total. The predicted molar refractivity (Wildman–Crippen MR) is 101 cm³/mol. The van der Waals surface area contributed by atoms with Crippen molar-refractivity contribution in [2.45, 2.75) is 6.61 Å². The Morgan fingerprint density at radius 3 is 2.96 bits per heavy atom. The number of carbonyl (C=O) groups is 1. The third-order valence-electron chi connectivity index (χ3n) is 3.68. The van der Waals surface area contributed by atoms with Gasteiger partial charge in [-0.25, -0.2) is 4.98 Å². The highest BCUT2D eigenvalue weighted by molar-refractivity contribution is 7.07. The van der Waals surface area contributed by atoms with E-state index in [9.17, 15) is 4.79 Å². The standard InChI is InChI=1S/C19H14N4O3S/c24-19(16-8-18(26-23-16)13-4-3-7-20-9-13)22-15-5-1-2-6-17(15)25-10-14-11-27-12-21-14/h1-9,11-12H,10H2,(H,22,24). The summed E-state index contributed by atoms with van der Waals surface area (Å²) in [6.07, 6.45) is 3.31. The Hall–Kier alpha value is -3.52. The van der Waals surface area contributed by atoms with Gasteiger partial charge in [0.25, 0.3) is 5.91 Å². The van der Waals surface area contributed by atoms with Crippen LogP contribution in [-0.4, -0.2) is 21.0 Å². The topological polar surface area (TPSA) is 90.1 Å². The van der Waals surface area contributed by atoms with Crippen molar-refractivity contribution >= 4 is 22.9 Å². The molecule has 8 heteroatoms. The van der Waals surface area contributed by atoms with E-state index in [1.54, 1.807) is 42.2 Å². The van der Waals surface area contributed by atoms with Crippen molar-refractivity contribution in [2.75, 3.05) is 5.32 Å². The zero-order valence-electron chi connectivity index (χ0n) is 14.0. The number of anilines is 1.